The topological polar surface area (TPSA) is 55.4 Å². The van der Waals surface area contributed by atoms with Crippen molar-refractivity contribution < 1.29 is 14.4 Å². The van der Waals surface area contributed by atoms with Gasteiger partial charge in [-0.05, 0) is 29.8 Å². The minimum Gasteiger partial charge on any atom is -0.335 e. The first-order chi connectivity index (χ1) is 10.2. The second kappa shape index (κ2) is 7.26. The van der Waals surface area contributed by atoms with Crippen molar-refractivity contribution in [1.82, 2.24) is 5.48 Å². The van der Waals surface area contributed by atoms with Gasteiger partial charge < -0.3 is 4.84 Å². The van der Waals surface area contributed by atoms with Gasteiger partial charge in [0.1, 0.15) is 0 Å². The molecule has 0 bridgehead atoms. The highest BCUT2D eigenvalue weighted by molar-refractivity contribution is 6.32. The van der Waals surface area contributed by atoms with E-state index in [1.54, 1.807) is 54.6 Å². The molecule has 4 nitrogen and oxygen atoms in total. The average Bonchev–Trinajstić information content (AvgIpc) is 2.52. The average molecular weight is 302 g/mol. The predicted molar refractivity (Wildman–Crippen MR) is 80.5 cm³/mol. The Bertz CT molecular complexity index is 668. The van der Waals surface area contributed by atoms with E-state index in [0.29, 0.717) is 16.1 Å². The second-order valence-corrected chi connectivity index (χ2v) is 4.48. The van der Waals surface area contributed by atoms with Crippen molar-refractivity contribution >= 4 is 29.6 Å². The Morgan fingerprint density at radius 3 is 2.38 bits per heavy atom. The Kier molecular flexibility index (Phi) is 5.12. The SMILES string of the molecule is O=C(C=Cc1ccccc1Cl)NOC(=O)c1ccccc1. The predicted octanol–water partition coefficient (Wildman–Crippen LogP) is 3.24. The third-order valence-corrected chi connectivity index (χ3v) is 2.92. The fourth-order valence-corrected chi connectivity index (χ4v) is 1.74. The van der Waals surface area contributed by atoms with Gasteiger partial charge in [0.25, 0.3) is 5.91 Å². The van der Waals surface area contributed by atoms with Gasteiger partial charge in [0.15, 0.2) is 0 Å². The zero-order chi connectivity index (χ0) is 15.1. The van der Waals surface area contributed by atoms with Gasteiger partial charge in [0.05, 0.1) is 5.56 Å². The lowest BCUT2D eigenvalue weighted by Crippen LogP contribution is -2.25. The van der Waals surface area contributed by atoms with Crippen molar-refractivity contribution in [2.75, 3.05) is 0 Å². The summed E-state index contributed by atoms with van der Waals surface area (Å²) in [6.07, 6.45) is 2.77. The highest BCUT2D eigenvalue weighted by Gasteiger charge is 2.07. The van der Waals surface area contributed by atoms with Crippen LogP contribution in [0.15, 0.2) is 60.7 Å². The van der Waals surface area contributed by atoms with Crippen molar-refractivity contribution in [1.29, 1.82) is 0 Å². The molecule has 21 heavy (non-hydrogen) atoms. The molecule has 1 N–H and O–H groups in total. The molecule has 0 fully saturated rings. The molecule has 0 aromatic heterocycles. The molecular formula is C16H12ClNO3. The van der Waals surface area contributed by atoms with Crippen molar-refractivity contribution in [3.63, 3.8) is 0 Å². The van der Waals surface area contributed by atoms with Crippen LogP contribution in [0.3, 0.4) is 0 Å². The number of benzene rings is 2. The van der Waals surface area contributed by atoms with E-state index in [0.717, 1.165) is 0 Å². The fourth-order valence-electron chi connectivity index (χ4n) is 1.54. The molecule has 2 aromatic rings. The van der Waals surface area contributed by atoms with Crippen LogP contribution in [0.4, 0.5) is 0 Å². The van der Waals surface area contributed by atoms with Crippen molar-refractivity contribution in [3.8, 4) is 0 Å². The number of carbonyl (C=O) groups is 2. The highest BCUT2D eigenvalue weighted by Crippen LogP contribution is 2.15. The number of nitrogens with one attached hydrogen (secondary N) is 1. The van der Waals surface area contributed by atoms with Crippen LogP contribution >= 0.6 is 11.6 Å². The number of hydrogen-bond donors (Lipinski definition) is 1. The van der Waals surface area contributed by atoms with E-state index in [2.05, 4.69) is 10.3 Å². The van der Waals surface area contributed by atoms with Gasteiger partial charge in [-0.3, -0.25) is 4.79 Å². The van der Waals surface area contributed by atoms with Gasteiger partial charge in [0.2, 0.25) is 0 Å². The Morgan fingerprint density at radius 1 is 1.00 bits per heavy atom. The summed E-state index contributed by atoms with van der Waals surface area (Å²) in [6, 6.07) is 15.5. The molecule has 0 aliphatic rings. The largest absolute Gasteiger partial charge is 0.362 e. The highest BCUT2D eigenvalue weighted by atomic mass is 35.5. The molecule has 106 valence electrons. The summed E-state index contributed by atoms with van der Waals surface area (Å²) in [7, 11) is 0. The standard InChI is InChI=1S/C16H12ClNO3/c17-14-9-5-4-6-12(14)10-11-15(19)18-21-16(20)13-7-2-1-3-8-13/h1-11H,(H,18,19). The maximum absolute atomic E-state index is 11.6. The van der Waals surface area contributed by atoms with Crippen molar-refractivity contribution in [2.24, 2.45) is 0 Å². The minimum atomic E-state index is -0.630. The molecule has 5 heteroatoms. The summed E-state index contributed by atoms with van der Waals surface area (Å²) in [5, 5.41) is 0.530. The van der Waals surface area contributed by atoms with Crippen LogP contribution in [0.2, 0.25) is 5.02 Å². The van der Waals surface area contributed by atoms with Crippen LogP contribution in [0, 0.1) is 0 Å². The van der Waals surface area contributed by atoms with Crippen molar-refractivity contribution in [3.05, 3.63) is 76.8 Å². The monoisotopic (exact) mass is 301 g/mol. The van der Waals surface area contributed by atoms with E-state index in [-0.39, 0.29) is 0 Å². The molecule has 0 atom stereocenters. The Hall–Kier alpha value is -2.59. The summed E-state index contributed by atoms with van der Waals surface area (Å²) in [5.74, 6) is -1.19. The lowest BCUT2D eigenvalue weighted by molar-refractivity contribution is -0.124. The Morgan fingerprint density at radius 2 is 1.67 bits per heavy atom. The maximum atomic E-state index is 11.6. The molecule has 2 aromatic carbocycles. The number of halogens is 1. The molecule has 0 heterocycles. The summed E-state index contributed by atoms with van der Waals surface area (Å²) in [4.78, 5) is 27.8. The van der Waals surface area contributed by atoms with Crippen LogP contribution < -0.4 is 5.48 Å². The summed E-state index contributed by atoms with van der Waals surface area (Å²) >= 11 is 5.95. The molecule has 0 radical (unpaired) electrons. The summed E-state index contributed by atoms with van der Waals surface area (Å²) in [6.45, 7) is 0. The van der Waals surface area contributed by atoms with Gasteiger partial charge in [-0.2, -0.15) is 5.48 Å². The van der Waals surface area contributed by atoms with E-state index in [1.165, 1.54) is 12.2 Å². The van der Waals surface area contributed by atoms with E-state index in [9.17, 15) is 9.59 Å². The molecule has 2 rings (SSSR count). The lowest BCUT2D eigenvalue weighted by Gasteiger charge is -2.03. The number of amides is 1. The lowest BCUT2D eigenvalue weighted by atomic mass is 10.2. The number of carbonyl (C=O) groups excluding carboxylic acids is 2. The zero-order valence-electron chi connectivity index (χ0n) is 11.0. The van der Waals surface area contributed by atoms with E-state index in [4.69, 9.17) is 11.6 Å². The first-order valence-electron chi connectivity index (χ1n) is 6.15. The quantitative estimate of drug-likeness (QED) is 0.699. The van der Waals surface area contributed by atoms with Crippen LogP contribution in [0.5, 0.6) is 0 Å². The Labute approximate surface area is 127 Å². The molecule has 0 aliphatic heterocycles. The molecule has 0 unspecified atom stereocenters. The maximum Gasteiger partial charge on any atom is 0.362 e. The van der Waals surface area contributed by atoms with Gasteiger partial charge >= 0.3 is 5.97 Å². The molecular weight excluding hydrogens is 290 g/mol. The third-order valence-electron chi connectivity index (χ3n) is 2.57. The van der Waals surface area contributed by atoms with Gasteiger partial charge in [-0.1, -0.05) is 48.0 Å². The number of hydroxylamine groups is 1. The molecule has 1 amide bonds. The van der Waals surface area contributed by atoms with Gasteiger partial charge in [0, 0.05) is 11.1 Å². The normalized spacial score (nSPS) is 10.3. The van der Waals surface area contributed by atoms with Gasteiger partial charge in [-0.25, -0.2) is 4.79 Å². The Balaban J connectivity index is 1.88. The van der Waals surface area contributed by atoms with E-state index < -0.39 is 11.9 Å². The summed E-state index contributed by atoms with van der Waals surface area (Å²) < 4.78 is 0. The number of hydrogen-bond acceptors (Lipinski definition) is 3. The molecule has 0 spiro atoms. The molecule has 0 aliphatic carbocycles. The number of rotatable bonds is 3. The minimum absolute atomic E-state index is 0.355. The van der Waals surface area contributed by atoms with Crippen molar-refractivity contribution in [2.45, 2.75) is 0 Å². The van der Waals surface area contributed by atoms with E-state index >= 15 is 0 Å². The zero-order valence-corrected chi connectivity index (χ0v) is 11.7. The van der Waals surface area contributed by atoms with Gasteiger partial charge in [-0.15, -0.1) is 0 Å². The third kappa shape index (κ3) is 4.47. The summed E-state index contributed by atoms with van der Waals surface area (Å²) in [5.41, 5.74) is 3.10. The van der Waals surface area contributed by atoms with E-state index in [1.807, 2.05) is 0 Å². The van der Waals surface area contributed by atoms with Crippen LogP contribution in [0.1, 0.15) is 15.9 Å². The van der Waals surface area contributed by atoms with Crippen LogP contribution in [-0.4, -0.2) is 11.9 Å². The first kappa shape index (κ1) is 14.8. The second-order valence-electron chi connectivity index (χ2n) is 4.08. The van der Waals surface area contributed by atoms with Crippen LogP contribution in [0.25, 0.3) is 6.08 Å². The van der Waals surface area contributed by atoms with Crippen LogP contribution in [-0.2, 0) is 9.63 Å². The molecule has 0 saturated carbocycles. The smallest absolute Gasteiger partial charge is 0.335 e. The molecule has 0 saturated heterocycles. The first-order valence-corrected chi connectivity index (χ1v) is 6.53. The fraction of sp³-hybridized carbons (Fsp3) is 0.